The topological polar surface area (TPSA) is 94.0 Å². The van der Waals surface area contributed by atoms with Crippen LogP contribution in [-0.2, 0) is 16.4 Å². The first-order chi connectivity index (χ1) is 16.7. The van der Waals surface area contributed by atoms with Crippen LogP contribution in [0.15, 0.2) is 54.6 Å². The van der Waals surface area contributed by atoms with E-state index in [1.54, 1.807) is 29.8 Å². The van der Waals surface area contributed by atoms with Gasteiger partial charge in [-0.25, -0.2) is 22.5 Å². The number of carbonyl (C=O) groups is 1. The fraction of sp³-hybridized carbons (Fsp3) is 0.269. The van der Waals surface area contributed by atoms with Crippen LogP contribution < -0.4 is 5.32 Å². The second kappa shape index (κ2) is 8.88. The van der Waals surface area contributed by atoms with Gasteiger partial charge in [-0.3, -0.25) is 4.79 Å². The smallest absolute Gasteiger partial charge is 0.252 e. The quantitative estimate of drug-likeness (QED) is 0.452. The van der Waals surface area contributed by atoms with E-state index in [-0.39, 0.29) is 35.8 Å². The lowest BCUT2D eigenvalue weighted by Crippen LogP contribution is -2.23. The molecule has 5 rings (SSSR count). The highest BCUT2D eigenvalue weighted by Crippen LogP contribution is 2.32. The van der Waals surface area contributed by atoms with E-state index in [0.717, 1.165) is 16.7 Å². The molecule has 180 valence electrons. The Labute approximate surface area is 202 Å². The molecule has 0 bridgehead atoms. The first-order valence-corrected chi connectivity index (χ1v) is 13.2. The van der Waals surface area contributed by atoms with Crippen LogP contribution in [0.25, 0.3) is 22.3 Å². The largest absolute Gasteiger partial charge is 0.348 e. The van der Waals surface area contributed by atoms with Crippen molar-refractivity contribution in [2.24, 2.45) is 0 Å². The molecule has 2 aromatic heterocycles. The number of fused-ring (bicyclic) bond motifs is 1. The number of amides is 1. The van der Waals surface area contributed by atoms with E-state index in [2.05, 4.69) is 10.4 Å². The zero-order valence-electron chi connectivity index (χ0n) is 19.5. The monoisotopic (exact) mass is 492 g/mol. The number of nitrogens with one attached hydrogen (secondary N) is 1. The number of hydrogen-bond acceptors (Lipinski definition) is 5. The highest BCUT2D eigenvalue weighted by molar-refractivity contribution is 7.91. The van der Waals surface area contributed by atoms with Gasteiger partial charge in [-0.15, -0.1) is 0 Å². The molecule has 1 amide bonds. The van der Waals surface area contributed by atoms with Crippen LogP contribution >= 0.6 is 0 Å². The van der Waals surface area contributed by atoms with E-state index in [9.17, 15) is 17.6 Å². The van der Waals surface area contributed by atoms with E-state index in [4.69, 9.17) is 4.98 Å². The zero-order chi connectivity index (χ0) is 24.7. The number of aromatic nitrogens is 3. The summed E-state index contributed by atoms with van der Waals surface area (Å²) in [5.74, 6) is -0.528. The number of carbonyl (C=O) groups excluding carboxylic acids is 1. The SMILES string of the molecule is Cc1ccc(-c2cc(C(=O)NCc3ccc(F)cc3)c3c(C)nn([C@@H]4CCS(=O)(=O)C4)c3n2)cc1. The zero-order valence-corrected chi connectivity index (χ0v) is 20.3. The van der Waals surface area contributed by atoms with Crippen LogP contribution in [-0.4, -0.2) is 40.6 Å². The van der Waals surface area contributed by atoms with Crippen molar-refractivity contribution in [2.45, 2.75) is 32.9 Å². The van der Waals surface area contributed by atoms with Gasteiger partial charge in [0.15, 0.2) is 15.5 Å². The Balaban J connectivity index is 1.60. The maximum atomic E-state index is 13.4. The van der Waals surface area contributed by atoms with Crippen molar-refractivity contribution >= 4 is 26.8 Å². The average molecular weight is 493 g/mol. The average Bonchev–Trinajstić information content (AvgIpc) is 3.37. The summed E-state index contributed by atoms with van der Waals surface area (Å²) in [6, 6.07) is 15.2. The Hall–Kier alpha value is -3.59. The van der Waals surface area contributed by atoms with Crippen LogP contribution in [0.4, 0.5) is 4.39 Å². The highest BCUT2D eigenvalue weighted by Gasteiger charge is 2.32. The maximum absolute atomic E-state index is 13.4. The van der Waals surface area contributed by atoms with Crippen LogP contribution in [0, 0.1) is 19.7 Å². The Morgan fingerprint density at radius 2 is 1.83 bits per heavy atom. The minimum absolute atomic E-state index is 0.00571. The molecule has 1 saturated heterocycles. The third-order valence-electron chi connectivity index (χ3n) is 6.35. The van der Waals surface area contributed by atoms with Gasteiger partial charge in [0.25, 0.3) is 5.91 Å². The predicted octanol–water partition coefficient (Wildman–Crippen LogP) is 4.14. The summed E-state index contributed by atoms with van der Waals surface area (Å²) < 4.78 is 39.2. The van der Waals surface area contributed by atoms with Crippen molar-refractivity contribution in [3.8, 4) is 11.3 Å². The van der Waals surface area contributed by atoms with Gasteiger partial charge in [0, 0.05) is 12.1 Å². The van der Waals surface area contributed by atoms with E-state index in [0.29, 0.717) is 34.4 Å². The molecule has 7 nitrogen and oxygen atoms in total. The van der Waals surface area contributed by atoms with Gasteiger partial charge in [0.1, 0.15) is 5.82 Å². The van der Waals surface area contributed by atoms with Gasteiger partial charge >= 0.3 is 0 Å². The molecule has 2 aromatic carbocycles. The van der Waals surface area contributed by atoms with Crippen molar-refractivity contribution in [1.29, 1.82) is 0 Å². The molecule has 4 aromatic rings. The molecule has 0 spiro atoms. The van der Waals surface area contributed by atoms with Crippen molar-refractivity contribution in [3.63, 3.8) is 0 Å². The number of hydrogen-bond donors (Lipinski definition) is 1. The predicted molar refractivity (Wildman–Crippen MR) is 132 cm³/mol. The Morgan fingerprint density at radius 3 is 2.49 bits per heavy atom. The Morgan fingerprint density at radius 1 is 1.11 bits per heavy atom. The summed E-state index contributed by atoms with van der Waals surface area (Å²) in [5, 5.41) is 8.14. The minimum atomic E-state index is -3.13. The van der Waals surface area contributed by atoms with Crippen LogP contribution in [0.1, 0.15) is 39.6 Å². The molecule has 1 N–H and O–H groups in total. The van der Waals surface area contributed by atoms with Crippen molar-refractivity contribution < 1.29 is 17.6 Å². The molecule has 1 aliphatic rings. The second-order valence-corrected chi connectivity index (χ2v) is 11.2. The van der Waals surface area contributed by atoms with Crippen LogP contribution in [0.5, 0.6) is 0 Å². The summed E-state index contributed by atoms with van der Waals surface area (Å²) in [5.41, 5.74) is 4.84. The fourth-order valence-electron chi connectivity index (χ4n) is 4.47. The van der Waals surface area contributed by atoms with E-state index < -0.39 is 9.84 Å². The first kappa shape index (κ1) is 23.2. The molecule has 0 radical (unpaired) electrons. The summed E-state index contributed by atoms with van der Waals surface area (Å²) in [6.45, 7) is 4.02. The van der Waals surface area contributed by atoms with Gasteiger partial charge in [-0.1, -0.05) is 42.0 Å². The summed E-state index contributed by atoms with van der Waals surface area (Å²) >= 11 is 0. The van der Waals surface area contributed by atoms with Crippen molar-refractivity contribution in [1.82, 2.24) is 20.1 Å². The van der Waals surface area contributed by atoms with Gasteiger partial charge in [0.2, 0.25) is 0 Å². The fourth-order valence-corrected chi connectivity index (χ4v) is 6.16. The second-order valence-electron chi connectivity index (χ2n) is 9.02. The van der Waals surface area contributed by atoms with Gasteiger partial charge in [-0.2, -0.15) is 5.10 Å². The molecule has 0 saturated carbocycles. The molecular formula is C26H25FN4O3S. The molecular weight excluding hydrogens is 467 g/mol. The third-order valence-corrected chi connectivity index (χ3v) is 8.10. The lowest BCUT2D eigenvalue weighted by molar-refractivity contribution is 0.0952. The van der Waals surface area contributed by atoms with Crippen LogP contribution in [0.2, 0.25) is 0 Å². The van der Waals surface area contributed by atoms with E-state index in [1.807, 2.05) is 31.2 Å². The lowest BCUT2D eigenvalue weighted by atomic mass is 10.0. The molecule has 0 aliphatic carbocycles. The molecule has 1 aliphatic heterocycles. The van der Waals surface area contributed by atoms with Gasteiger partial charge in [-0.05, 0) is 44.0 Å². The van der Waals surface area contributed by atoms with Crippen LogP contribution in [0.3, 0.4) is 0 Å². The maximum Gasteiger partial charge on any atom is 0.252 e. The number of halogens is 1. The highest BCUT2D eigenvalue weighted by atomic mass is 32.2. The number of benzene rings is 2. The number of sulfone groups is 1. The number of rotatable bonds is 5. The summed E-state index contributed by atoms with van der Waals surface area (Å²) in [6.07, 6.45) is 0.459. The molecule has 9 heteroatoms. The van der Waals surface area contributed by atoms with Gasteiger partial charge in [0.05, 0.1) is 39.9 Å². The van der Waals surface area contributed by atoms with Gasteiger partial charge < -0.3 is 5.32 Å². The number of pyridine rings is 1. The summed E-state index contributed by atoms with van der Waals surface area (Å²) in [4.78, 5) is 18.2. The third kappa shape index (κ3) is 4.68. The molecule has 1 atom stereocenters. The van der Waals surface area contributed by atoms with Crippen molar-refractivity contribution in [2.75, 3.05) is 11.5 Å². The lowest BCUT2D eigenvalue weighted by Gasteiger charge is -2.12. The Kier molecular flexibility index (Phi) is 5.88. The van der Waals surface area contributed by atoms with Crippen molar-refractivity contribution in [3.05, 3.63) is 82.8 Å². The van der Waals surface area contributed by atoms with E-state index >= 15 is 0 Å². The number of aryl methyl sites for hydroxylation is 2. The molecule has 0 unspecified atom stereocenters. The Bertz CT molecular complexity index is 1530. The summed E-state index contributed by atoms with van der Waals surface area (Å²) in [7, 11) is -3.13. The molecule has 3 heterocycles. The molecule has 35 heavy (non-hydrogen) atoms. The van der Waals surface area contributed by atoms with E-state index in [1.165, 1.54) is 12.1 Å². The first-order valence-electron chi connectivity index (χ1n) is 11.4. The normalized spacial score (nSPS) is 17.1. The standard InChI is InChI=1S/C26H25FN4O3S/c1-16-3-7-19(8-4-16)23-13-22(26(32)28-14-18-5-9-20(27)10-6-18)24-17(2)30-31(25(24)29-23)21-11-12-35(33,34)15-21/h3-10,13,21H,11-12,14-15H2,1-2H3,(H,28,32)/t21-/m1/s1. The number of nitrogens with zero attached hydrogens (tertiary/aromatic N) is 3. The minimum Gasteiger partial charge on any atom is -0.348 e. The molecule has 1 fully saturated rings.